The van der Waals surface area contributed by atoms with Gasteiger partial charge in [0.25, 0.3) is 5.91 Å². The molecule has 1 aromatic carbocycles. The van der Waals surface area contributed by atoms with Crippen molar-refractivity contribution in [1.82, 2.24) is 24.6 Å². The molecule has 0 N–H and O–H groups in total. The zero-order chi connectivity index (χ0) is 20.4. The van der Waals surface area contributed by atoms with E-state index in [2.05, 4.69) is 15.1 Å². The number of hydrogen-bond acceptors (Lipinski definition) is 5. The SMILES string of the molecule is CC[C@H](Oc1ccc(F)cc1)C(=O)N1CCC[C@@H](c2nn(C)c3nccnc23)C1. The van der Waals surface area contributed by atoms with E-state index in [9.17, 15) is 9.18 Å². The van der Waals surface area contributed by atoms with E-state index >= 15 is 0 Å². The molecule has 3 aromatic rings. The van der Waals surface area contributed by atoms with E-state index in [0.717, 1.165) is 29.7 Å². The Hall–Kier alpha value is -3.03. The Labute approximate surface area is 168 Å². The quantitative estimate of drug-likeness (QED) is 0.662. The van der Waals surface area contributed by atoms with E-state index in [1.807, 2.05) is 18.9 Å². The first-order chi connectivity index (χ1) is 14.1. The number of amides is 1. The van der Waals surface area contributed by atoms with Gasteiger partial charge in [-0.25, -0.2) is 19.0 Å². The van der Waals surface area contributed by atoms with Crippen LogP contribution in [0.25, 0.3) is 11.2 Å². The molecule has 1 aliphatic heterocycles. The molecule has 0 radical (unpaired) electrons. The standard InChI is InChI=1S/C21H24FN5O2/c1-3-17(29-16-8-6-15(22)7-9-16)21(28)27-12-4-5-14(13-27)18-19-20(26(2)25-18)24-11-10-23-19/h6-11,14,17H,3-5,12-13H2,1-2H3/t14-,17+/m1/s1. The molecule has 29 heavy (non-hydrogen) atoms. The number of piperidine rings is 1. The van der Waals surface area contributed by atoms with E-state index in [1.165, 1.54) is 12.1 Å². The third-order valence-corrected chi connectivity index (χ3v) is 5.34. The predicted octanol–water partition coefficient (Wildman–Crippen LogP) is 3.07. The fourth-order valence-corrected chi connectivity index (χ4v) is 3.87. The molecule has 8 heteroatoms. The number of aromatic nitrogens is 4. The lowest BCUT2D eigenvalue weighted by molar-refractivity contribution is -0.140. The van der Waals surface area contributed by atoms with Crippen molar-refractivity contribution >= 4 is 17.1 Å². The average Bonchev–Trinajstić information content (AvgIpc) is 3.10. The molecule has 0 spiro atoms. The lowest BCUT2D eigenvalue weighted by atomic mass is 9.94. The highest BCUT2D eigenvalue weighted by atomic mass is 19.1. The summed E-state index contributed by atoms with van der Waals surface area (Å²) in [5.41, 5.74) is 2.43. The first kappa shape index (κ1) is 19.3. The van der Waals surface area contributed by atoms with Crippen molar-refractivity contribution in [3.05, 3.63) is 48.2 Å². The first-order valence-corrected chi connectivity index (χ1v) is 9.91. The van der Waals surface area contributed by atoms with Crippen molar-refractivity contribution in [3.63, 3.8) is 0 Å². The van der Waals surface area contributed by atoms with Crippen molar-refractivity contribution in [1.29, 1.82) is 0 Å². The monoisotopic (exact) mass is 397 g/mol. The van der Waals surface area contributed by atoms with Crippen molar-refractivity contribution in [2.45, 2.75) is 38.2 Å². The lowest BCUT2D eigenvalue weighted by Gasteiger charge is -2.34. The second-order valence-electron chi connectivity index (χ2n) is 7.33. The Morgan fingerprint density at radius 3 is 2.79 bits per heavy atom. The minimum Gasteiger partial charge on any atom is -0.481 e. The summed E-state index contributed by atoms with van der Waals surface area (Å²) in [6.45, 7) is 3.18. The van der Waals surface area contributed by atoms with Crippen molar-refractivity contribution < 1.29 is 13.9 Å². The number of hydrogen-bond donors (Lipinski definition) is 0. The Morgan fingerprint density at radius 2 is 2.03 bits per heavy atom. The third kappa shape index (κ3) is 3.92. The highest BCUT2D eigenvalue weighted by Crippen LogP contribution is 2.30. The minimum absolute atomic E-state index is 0.0483. The number of benzene rings is 1. The molecule has 1 fully saturated rings. The lowest BCUT2D eigenvalue weighted by Crippen LogP contribution is -2.46. The Balaban J connectivity index is 1.50. The Kier molecular flexibility index (Phi) is 5.42. The average molecular weight is 397 g/mol. The second kappa shape index (κ2) is 8.14. The zero-order valence-corrected chi connectivity index (χ0v) is 16.6. The van der Waals surface area contributed by atoms with Gasteiger partial charge in [-0.05, 0) is 43.5 Å². The molecular weight excluding hydrogens is 373 g/mol. The van der Waals surface area contributed by atoms with Gasteiger partial charge in [-0.15, -0.1) is 0 Å². The Morgan fingerprint density at radius 1 is 1.28 bits per heavy atom. The number of halogens is 1. The number of nitrogens with zero attached hydrogens (tertiary/aromatic N) is 5. The molecule has 1 saturated heterocycles. The van der Waals surface area contributed by atoms with Gasteiger partial charge >= 0.3 is 0 Å². The molecule has 1 aliphatic rings. The predicted molar refractivity (Wildman–Crippen MR) is 106 cm³/mol. The van der Waals surface area contributed by atoms with E-state index < -0.39 is 6.10 Å². The van der Waals surface area contributed by atoms with Gasteiger partial charge in [-0.1, -0.05) is 6.92 Å². The van der Waals surface area contributed by atoms with E-state index in [4.69, 9.17) is 4.74 Å². The number of fused-ring (bicyclic) bond motifs is 1. The number of carbonyl (C=O) groups is 1. The fourth-order valence-electron chi connectivity index (χ4n) is 3.87. The van der Waals surface area contributed by atoms with Crippen molar-refractivity contribution in [3.8, 4) is 5.75 Å². The number of carbonyl (C=O) groups excluding carboxylic acids is 1. The molecule has 1 amide bonds. The van der Waals surface area contributed by atoms with Crippen LogP contribution in [0.5, 0.6) is 5.75 Å². The summed E-state index contributed by atoms with van der Waals surface area (Å²) in [6.07, 6.45) is 5.10. The van der Waals surface area contributed by atoms with Gasteiger partial charge in [0, 0.05) is 38.4 Å². The van der Waals surface area contributed by atoms with E-state index in [1.54, 1.807) is 29.2 Å². The van der Waals surface area contributed by atoms with Crippen LogP contribution in [0.2, 0.25) is 0 Å². The van der Waals surface area contributed by atoms with E-state index in [-0.39, 0.29) is 17.6 Å². The molecule has 0 unspecified atom stereocenters. The fraction of sp³-hybridized carbons (Fsp3) is 0.429. The largest absolute Gasteiger partial charge is 0.481 e. The zero-order valence-electron chi connectivity index (χ0n) is 16.6. The summed E-state index contributed by atoms with van der Waals surface area (Å²) >= 11 is 0. The third-order valence-electron chi connectivity index (χ3n) is 5.34. The molecule has 4 rings (SSSR count). The van der Waals surface area contributed by atoms with Crippen LogP contribution >= 0.6 is 0 Å². The smallest absolute Gasteiger partial charge is 0.263 e. The number of likely N-dealkylation sites (tertiary alicyclic amines) is 1. The summed E-state index contributed by atoms with van der Waals surface area (Å²) in [6, 6.07) is 5.75. The molecule has 0 aliphatic carbocycles. The number of ether oxygens (including phenoxy) is 1. The summed E-state index contributed by atoms with van der Waals surface area (Å²) < 4.78 is 20.7. The number of rotatable bonds is 5. The summed E-state index contributed by atoms with van der Waals surface area (Å²) in [5.74, 6) is 0.219. The van der Waals surface area contributed by atoms with Crippen LogP contribution in [0.15, 0.2) is 36.7 Å². The second-order valence-corrected chi connectivity index (χ2v) is 7.33. The van der Waals surface area contributed by atoms with Crippen molar-refractivity contribution in [2.24, 2.45) is 7.05 Å². The van der Waals surface area contributed by atoms with Crippen LogP contribution in [-0.4, -0.2) is 49.7 Å². The maximum Gasteiger partial charge on any atom is 0.263 e. The summed E-state index contributed by atoms with van der Waals surface area (Å²) in [4.78, 5) is 23.8. The Bertz CT molecular complexity index is 1000. The molecule has 3 heterocycles. The molecule has 0 bridgehead atoms. The van der Waals surface area contributed by atoms with Gasteiger partial charge in [0.2, 0.25) is 0 Å². The molecule has 152 valence electrons. The van der Waals surface area contributed by atoms with Gasteiger partial charge in [0.1, 0.15) is 17.1 Å². The highest BCUT2D eigenvalue weighted by Gasteiger charge is 2.32. The van der Waals surface area contributed by atoms with Crippen LogP contribution in [-0.2, 0) is 11.8 Å². The van der Waals surface area contributed by atoms with Gasteiger partial charge in [-0.3, -0.25) is 4.79 Å². The van der Waals surface area contributed by atoms with Gasteiger partial charge < -0.3 is 9.64 Å². The molecule has 2 aromatic heterocycles. The van der Waals surface area contributed by atoms with E-state index in [0.29, 0.717) is 25.3 Å². The molecular formula is C21H24FN5O2. The normalized spacial score (nSPS) is 18.0. The van der Waals surface area contributed by atoms with Crippen LogP contribution in [0.3, 0.4) is 0 Å². The number of aryl methyl sites for hydroxylation is 1. The van der Waals surface area contributed by atoms with Crippen LogP contribution in [0, 0.1) is 5.82 Å². The van der Waals surface area contributed by atoms with Gasteiger partial charge in [-0.2, -0.15) is 5.10 Å². The van der Waals surface area contributed by atoms with Crippen LogP contribution < -0.4 is 4.74 Å². The maximum atomic E-state index is 13.1. The topological polar surface area (TPSA) is 73.1 Å². The van der Waals surface area contributed by atoms with Gasteiger partial charge in [0.15, 0.2) is 11.8 Å². The molecule has 7 nitrogen and oxygen atoms in total. The first-order valence-electron chi connectivity index (χ1n) is 9.91. The maximum absolute atomic E-state index is 13.1. The van der Waals surface area contributed by atoms with Crippen LogP contribution in [0.1, 0.15) is 37.8 Å². The van der Waals surface area contributed by atoms with Gasteiger partial charge in [0.05, 0.1) is 5.69 Å². The van der Waals surface area contributed by atoms with Crippen LogP contribution in [0.4, 0.5) is 4.39 Å². The summed E-state index contributed by atoms with van der Waals surface area (Å²) in [5, 5.41) is 4.64. The summed E-state index contributed by atoms with van der Waals surface area (Å²) in [7, 11) is 1.86. The highest BCUT2D eigenvalue weighted by molar-refractivity contribution is 5.81. The molecule has 2 atom stereocenters. The molecule has 0 saturated carbocycles. The minimum atomic E-state index is -0.598. The van der Waals surface area contributed by atoms with Crippen molar-refractivity contribution in [2.75, 3.05) is 13.1 Å².